The van der Waals surface area contributed by atoms with Crippen LogP contribution in [0.25, 0.3) is 0 Å². The van der Waals surface area contributed by atoms with Crippen molar-refractivity contribution in [1.82, 2.24) is 0 Å². The Morgan fingerprint density at radius 1 is 1.12 bits per heavy atom. The molecule has 0 atom stereocenters. The van der Waals surface area contributed by atoms with E-state index in [1.807, 2.05) is 0 Å². The van der Waals surface area contributed by atoms with E-state index < -0.39 is 16.2 Å². The van der Waals surface area contributed by atoms with Crippen LogP contribution in [0.3, 0.4) is 0 Å². The molecule has 0 saturated heterocycles. The van der Waals surface area contributed by atoms with Crippen molar-refractivity contribution in [3.63, 3.8) is 0 Å². The zero-order valence-electron chi connectivity index (χ0n) is 10.5. The number of rotatable bonds is 6. The third-order valence-corrected chi connectivity index (χ3v) is 4.10. The zero-order valence-corrected chi connectivity index (χ0v) is 11.3. The van der Waals surface area contributed by atoms with Crippen LogP contribution >= 0.6 is 0 Å². The molecule has 6 nitrogen and oxygen atoms in total. The second kappa shape index (κ2) is 6.10. The van der Waals surface area contributed by atoms with Gasteiger partial charge in [-0.1, -0.05) is 0 Å². The van der Waals surface area contributed by atoms with Gasteiger partial charge in [0.25, 0.3) is 0 Å². The molecule has 0 aromatic heterocycles. The lowest BCUT2D eigenvalue weighted by Crippen LogP contribution is -2.39. The number of ether oxygens (including phenoxy) is 2. The van der Waals surface area contributed by atoms with Crippen molar-refractivity contribution < 1.29 is 26.3 Å². The van der Waals surface area contributed by atoms with Gasteiger partial charge in [-0.2, -0.15) is 8.42 Å². The van der Waals surface area contributed by atoms with Crippen molar-refractivity contribution in [2.45, 2.75) is 31.5 Å². The monoisotopic (exact) mass is 268 g/mol. The molecular formula is C10H20O6S. The summed E-state index contributed by atoms with van der Waals surface area (Å²) in [7, 11) is 0.501. The lowest BCUT2D eigenvalue weighted by molar-refractivity contribution is -0.228. The number of hydrogen-bond donors (Lipinski definition) is 0. The first-order chi connectivity index (χ1) is 7.97. The molecule has 1 rings (SSSR count). The molecule has 17 heavy (non-hydrogen) atoms. The standard InChI is InChI=1S/C10H20O6S/c1-13-10(14-2)6-4-9(5-7-10)8-16-17(11,12)15-3/h9H,4-8H2,1-3H3. The molecule has 1 aliphatic rings. The molecule has 0 heterocycles. The Hall–Kier alpha value is -0.210. The van der Waals surface area contributed by atoms with E-state index in [4.69, 9.17) is 13.7 Å². The second-order valence-corrected chi connectivity index (χ2v) is 5.51. The summed E-state index contributed by atoms with van der Waals surface area (Å²) in [6.07, 6.45) is 3.09. The maximum atomic E-state index is 11.0. The Bertz CT molecular complexity index is 312. The molecule has 7 heteroatoms. The fraction of sp³-hybridized carbons (Fsp3) is 1.00. The van der Waals surface area contributed by atoms with Gasteiger partial charge in [0.2, 0.25) is 0 Å². The largest absolute Gasteiger partial charge is 0.399 e. The summed E-state index contributed by atoms with van der Waals surface area (Å²) in [5.74, 6) is -0.324. The van der Waals surface area contributed by atoms with E-state index in [1.165, 1.54) is 0 Å². The van der Waals surface area contributed by atoms with E-state index in [9.17, 15) is 8.42 Å². The molecule has 0 spiro atoms. The van der Waals surface area contributed by atoms with Crippen molar-refractivity contribution in [2.75, 3.05) is 27.9 Å². The van der Waals surface area contributed by atoms with E-state index in [0.717, 1.165) is 32.8 Å². The van der Waals surface area contributed by atoms with Crippen molar-refractivity contribution in [3.8, 4) is 0 Å². The third kappa shape index (κ3) is 4.18. The smallest absolute Gasteiger partial charge is 0.353 e. The van der Waals surface area contributed by atoms with Crippen LogP contribution in [0.2, 0.25) is 0 Å². The van der Waals surface area contributed by atoms with Crippen molar-refractivity contribution >= 4 is 10.4 Å². The average Bonchev–Trinajstić information content (AvgIpc) is 2.37. The number of methoxy groups -OCH3 is 2. The Kier molecular flexibility index (Phi) is 5.33. The van der Waals surface area contributed by atoms with Gasteiger partial charge in [-0.3, -0.25) is 4.18 Å². The molecule has 0 amide bonds. The first-order valence-corrected chi connectivity index (χ1v) is 6.85. The molecule has 0 radical (unpaired) electrons. The summed E-state index contributed by atoms with van der Waals surface area (Å²) in [5.41, 5.74) is 0. The molecule has 1 aliphatic carbocycles. The predicted octanol–water partition coefficient (Wildman–Crippen LogP) is 1.07. The van der Waals surface area contributed by atoms with Gasteiger partial charge in [0.15, 0.2) is 5.79 Å². The van der Waals surface area contributed by atoms with Crippen LogP contribution in [0.15, 0.2) is 0 Å². The Labute approximate surface area is 103 Å². The van der Waals surface area contributed by atoms with E-state index >= 15 is 0 Å². The van der Waals surface area contributed by atoms with E-state index in [1.54, 1.807) is 14.2 Å². The van der Waals surface area contributed by atoms with Gasteiger partial charge in [-0.15, -0.1) is 0 Å². The highest BCUT2D eigenvalue weighted by Gasteiger charge is 2.35. The zero-order chi connectivity index (χ0) is 12.9. The highest BCUT2D eigenvalue weighted by atomic mass is 32.3. The molecule has 1 fully saturated rings. The quantitative estimate of drug-likeness (QED) is 0.671. The average molecular weight is 268 g/mol. The molecule has 0 aromatic carbocycles. The Morgan fingerprint density at radius 2 is 1.65 bits per heavy atom. The second-order valence-electron chi connectivity index (χ2n) is 4.12. The van der Waals surface area contributed by atoms with Gasteiger partial charge in [-0.05, 0) is 18.8 Å². The molecule has 0 unspecified atom stereocenters. The van der Waals surface area contributed by atoms with Gasteiger partial charge < -0.3 is 9.47 Å². The molecule has 0 bridgehead atoms. The topological polar surface area (TPSA) is 71.1 Å². The first-order valence-electron chi connectivity index (χ1n) is 5.52. The van der Waals surface area contributed by atoms with Crippen LogP contribution in [-0.4, -0.2) is 42.1 Å². The van der Waals surface area contributed by atoms with E-state index in [0.29, 0.717) is 0 Å². The highest BCUT2D eigenvalue weighted by molar-refractivity contribution is 7.81. The fourth-order valence-electron chi connectivity index (χ4n) is 2.00. The maximum Gasteiger partial charge on any atom is 0.399 e. The lowest BCUT2D eigenvalue weighted by Gasteiger charge is -2.37. The molecule has 0 N–H and O–H groups in total. The third-order valence-electron chi connectivity index (χ3n) is 3.26. The van der Waals surface area contributed by atoms with Crippen molar-refractivity contribution in [2.24, 2.45) is 5.92 Å². The SMILES string of the molecule is COC1(OC)CCC(COS(=O)(=O)OC)CC1. The summed E-state index contributed by atoms with van der Waals surface area (Å²) < 4.78 is 41.6. The Balaban J connectivity index is 2.38. The van der Waals surface area contributed by atoms with Gasteiger partial charge in [0, 0.05) is 27.1 Å². The van der Waals surface area contributed by atoms with Crippen LogP contribution in [0.4, 0.5) is 0 Å². The molecule has 0 aliphatic heterocycles. The van der Waals surface area contributed by atoms with Crippen LogP contribution in [0, 0.1) is 5.92 Å². The Morgan fingerprint density at radius 3 is 2.06 bits per heavy atom. The normalized spacial score (nSPS) is 21.6. The predicted molar refractivity (Wildman–Crippen MR) is 60.6 cm³/mol. The summed E-state index contributed by atoms with van der Waals surface area (Å²) >= 11 is 0. The highest BCUT2D eigenvalue weighted by Crippen LogP contribution is 2.35. The van der Waals surface area contributed by atoms with Gasteiger partial charge >= 0.3 is 10.4 Å². The first kappa shape index (κ1) is 14.8. The summed E-state index contributed by atoms with van der Waals surface area (Å²) in [6.45, 7) is 0.152. The van der Waals surface area contributed by atoms with Gasteiger partial charge in [-0.25, -0.2) is 4.18 Å². The van der Waals surface area contributed by atoms with Crippen molar-refractivity contribution in [1.29, 1.82) is 0 Å². The summed E-state index contributed by atoms with van der Waals surface area (Å²) in [5, 5.41) is 0. The molecule has 0 aromatic rings. The minimum absolute atomic E-state index is 0.152. The van der Waals surface area contributed by atoms with Gasteiger partial charge in [0.05, 0.1) is 13.7 Å². The minimum atomic E-state index is -3.82. The summed E-state index contributed by atoms with van der Waals surface area (Å²) in [6, 6.07) is 0. The maximum absolute atomic E-state index is 11.0. The van der Waals surface area contributed by atoms with Crippen LogP contribution in [-0.2, 0) is 28.2 Å². The molecular weight excluding hydrogens is 248 g/mol. The molecule has 1 saturated carbocycles. The number of hydrogen-bond acceptors (Lipinski definition) is 6. The minimum Gasteiger partial charge on any atom is -0.353 e. The van der Waals surface area contributed by atoms with Gasteiger partial charge in [0.1, 0.15) is 0 Å². The van der Waals surface area contributed by atoms with Crippen molar-refractivity contribution in [3.05, 3.63) is 0 Å². The molecule has 102 valence electrons. The lowest BCUT2D eigenvalue weighted by atomic mass is 9.85. The fourth-order valence-corrected chi connectivity index (χ4v) is 2.46. The van der Waals surface area contributed by atoms with Crippen LogP contribution in [0.1, 0.15) is 25.7 Å². The van der Waals surface area contributed by atoms with Crippen LogP contribution in [0.5, 0.6) is 0 Å². The summed E-state index contributed by atoms with van der Waals surface area (Å²) in [4.78, 5) is 0. The van der Waals surface area contributed by atoms with Crippen LogP contribution < -0.4 is 0 Å². The van der Waals surface area contributed by atoms with E-state index in [-0.39, 0.29) is 12.5 Å². The van der Waals surface area contributed by atoms with E-state index in [2.05, 4.69) is 4.18 Å².